The maximum absolute atomic E-state index is 12.6. The number of quaternary nitrogens is 1. The number of carbonyl (C=O) groups excluding carboxylic acids is 2. The van der Waals surface area contributed by atoms with Crippen molar-refractivity contribution in [2.45, 2.75) is 142 Å². The van der Waals surface area contributed by atoms with Gasteiger partial charge in [-0.15, -0.1) is 0 Å². The van der Waals surface area contributed by atoms with Crippen LogP contribution < -0.4 is 4.89 Å². The van der Waals surface area contributed by atoms with E-state index in [0.717, 1.165) is 57.8 Å². The topological polar surface area (TPSA) is 111 Å². The van der Waals surface area contributed by atoms with Crippen LogP contribution in [-0.2, 0) is 32.7 Å². The summed E-state index contributed by atoms with van der Waals surface area (Å²) in [7, 11) is 1.11. The summed E-state index contributed by atoms with van der Waals surface area (Å²) in [5.41, 5.74) is 0. The molecule has 0 amide bonds. The van der Waals surface area contributed by atoms with Crippen molar-refractivity contribution in [2.24, 2.45) is 0 Å². The first kappa shape index (κ1) is 50.5. The summed E-state index contributed by atoms with van der Waals surface area (Å²) in [5, 5.41) is 0. The summed E-state index contributed by atoms with van der Waals surface area (Å²) in [6.07, 6.45) is 42.4. The number of hydrogen-bond acceptors (Lipinski definition) is 8. The van der Waals surface area contributed by atoms with Gasteiger partial charge >= 0.3 is 11.9 Å². The van der Waals surface area contributed by atoms with Gasteiger partial charge in [0.05, 0.1) is 27.7 Å². The number of hydrogen-bond donors (Lipinski definition) is 0. The van der Waals surface area contributed by atoms with E-state index in [1.165, 1.54) is 44.9 Å². The van der Waals surface area contributed by atoms with Crippen LogP contribution in [-0.4, -0.2) is 70.0 Å². The Kier molecular flexibility index (Phi) is 33.5. The molecule has 9 nitrogen and oxygen atoms in total. The average molecular weight is 764 g/mol. The van der Waals surface area contributed by atoms with E-state index in [0.29, 0.717) is 17.4 Å². The molecule has 0 saturated heterocycles. The van der Waals surface area contributed by atoms with Crippen LogP contribution in [0.1, 0.15) is 136 Å². The van der Waals surface area contributed by atoms with Crippen LogP contribution in [0.4, 0.5) is 0 Å². The van der Waals surface area contributed by atoms with Gasteiger partial charge in [-0.1, -0.05) is 145 Å². The molecule has 0 bridgehead atoms. The number of phosphoric ester groups is 1. The van der Waals surface area contributed by atoms with Crippen LogP contribution in [0.25, 0.3) is 0 Å². The van der Waals surface area contributed by atoms with Crippen molar-refractivity contribution >= 4 is 19.8 Å². The molecule has 0 rings (SSSR count). The molecular weight excluding hydrogens is 689 g/mol. The first-order valence-electron chi connectivity index (χ1n) is 20.1. The number of ether oxygens (including phenoxy) is 2. The number of carbonyl (C=O) groups is 2. The summed E-state index contributed by atoms with van der Waals surface area (Å²) < 4.78 is 33.7. The highest BCUT2D eigenvalue weighted by Gasteiger charge is 2.21. The lowest BCUT2D eigenvalue weighted by molar-refractivity contribution is -0.870. The smallest absolute Gasteiger partial charge is 0.306 e. The van der Waals surface area contributed by atoms with Crippen molar-refractivity contribution in [1.82, 2.24) is 0 Å². The Morgan fingerprint density at radius 1 is 0.604 bits per heavy atom. The zero-order valence-corrected chi connectivity index (χ0v) is 34.8. The highest BCUT2D eigenvalue weighted by atomic mass is 31.2. The summed E-state index contributed by atoms with van der Waals surface area (Å²) in [6, 6.07) is 0. The normalized spacial score (nSPS) is 14.5. The molecule has 1 unspecified atom stereocenters. The van der Waals surface area contributed by atoms with Crippen LogP contribution in [0.15, 0.2) is 72.9 Å². The van der Waals surface area contributed by atoms with Gasteiger partial charge in [0.1, 0.15) is 19.8 Å². The molecule has 0 aliphatic rings. The molecule has 53 heavy (non-hydrogen) atoms. The number of likely N-dealkylation sites (N-methyl/N-ethyl adjacent to an activating group) is 1. The number of esters is 2. The van der Waals surface area contributed by atoms with Gasteiger partial charge in [0, 0.05) is 12.8 Å². The first-order chi connectivity index (χ1) is 25.5. The van der Waals surface area contributed by atoms with Crippen LogP contribution >= 0.6 is 7.82 Å². The van der Waals surface area contributed by atoms with Gasteiger partial charge in [-0.25, -0.2) is 0 Å². The van der Waals surface area contributed by atoms with Crippen LogP contribution in [0.5, 0.6) is 0 Å². The molecule has 0 spiro atoms. The maximum Gasteiger partial charge on any atom is 0.306 e. The third kappa shape index (κ3) is 39.0. The van der Waals surface area contributed by atoms with E-state index in [1.54, 1.807) is 0 Å². The minimum Gasteiger partial charge on any atom is -0.756 e. The molecule has 0 heterocycles. The second kappa shape index (κ2) is 35.2. The van der Waals surface area contributed by atoms with Crippen molar-refractivity contribution < 1.29 is 42.1 Å². The lowest BCUT2D eigenvalue weighted by Crippen LogP contribution is -2.37. The van der Waals surface area contributed by atoms with Gasteiger partial charge in [-0.3, -0.25) is 14.2 Å². The highest BCUT2D eigenvalue weighted by Crippen LogP contribution is 2.38. The third-order valence-corrected chi connectivity index (χ3v) is 8.97. The monoisotopic (exact) mass is 764 g/mol. The fourth-order valence-corrected chi connectivity index (χ4v) is 5.58. The quantitative estimate of drug-likeness (QED) is 0.0206. The molecule has 0 N–H and O–H groups in total. The van der Waals surface area contributed by atoms with Gasteiger partial charge in [-0.05, 0) is 51.4 Å². The number of unbranched alkanes of at least 4 members (excludes halogenated alkanes) is 9. The summed E-state index contributed by atoms with van der Waals surface area (Å²) >= 11 is 0. The Morgan fingerprint density at radius 3 is 1.57 bits per heavy atom. The molecule has 0 aliphatic carbocycles. The Labute approximate surface area is 323 Å². The summed E-state index contributed by atoms with van der Waals surface area (Å²) in [5.74, 6) is -0.941. The van der Waals surface area contributed by atoms with Crippen LogP contribution in [0.3, 0.4) is 0 Å². The third-order valence-electron chi connectivity index (χ3n) is 8.00. The van der Waals surface area contributed by atoms with Crippen molar-refractivity contribution in [3.63, 3.8) is 0 Å². The standard InChI is InChI=1S/C43H74NO8P/c1-6-8-10-12-14-16-18-19-20-21-22-23-24-25-26-28-30-32-34-36-43(46)52-41(40-51-53(47,48)50-38-37-44(3,4)5)39-49-42(45)35-33-31-29-27-17-15-13-11-9-7-2/h8,10,14,16,19-20,22-23,25-26,30,32,41H,6-7,9,11-13,15,17-18,21,24,27-29,31,33-40H2,1-5H3/b10-8+,16-14+,20-19+,23-22+,26-25+,32-30+/t41-/m1/s1. The molecule has 0 aliphatic heterocycles. The van der Waals surface area contributed by atoms with Gasteiger partial charge in [0.2, 0.25) is 0 Å². The molecule has 0 saturated carbocycles. The second-order valence-electron chi connectivity index (χ2n) is 14.3. The van der Waals surface area contributed by atoms with Gasteiger partial charge < -0.3 is 27.9 Å². The molecule has 0 fully saturated rings. The molecule has 2 atom stereocenters. The number of nitrogens with zero attached hydrogens (tertiary/aromatic N) is 1. The lowest BCUT2D eigenvalue weighted by atomic mass is 10.1. The van der Waals surface area contributed by atoms with E-state index in [4.69, 9.17) is 18.5 Å². The van der Waals surface area contributed by atoms with E-state index in [2.05, 4.69) is 74.6 Å². The highest BCUT2D eigenvalue weighted by molar-refractivity contribution is 7.45. The molecule has 0 radical (unpaired) electrons. The summed E-state index contributed by atoms with van der Waals surface area (Å²) in [6.45, 7) is 3.98. The fourth-order valence-electron chi connectivity index (χ4n) is 4.85. The molecule has 304 valence electrons. The SMILES string of the molecule is CC/C=C/C/C=C/C/C=C/C/C=C/C/C=C/C/C=C/CCC(=O)O[C@H](COC(=O)CCCCCCCCCCCC)COP(=O)([O-])OCC[N+](C)(C)C. The minimum absolute atomic E-state index is 0.0471. The van der Waals surface area contributed by atoms with E-state index in [1.807, 2.05) is 33.3 Å². The molecule has 10 heteroatoms. The Bertz CT molecular complexity index is 1140. The van der Waals surface area contributed by atoms with Crippen LogP contribution in [0.2, 0.25) is 0 Å². The van der Waals surface area contributed by atoms with Crippen molar-refractivity contribution in [3.05, 3.63) is 72.9 Å². The van der Waals surface area contributed by atoms with Gasteiger partial charge in [0.15, 0.2) is 6.10 Å². The number of phosphoric acid groups is 1. The predicted octanol–water partition coefficient (Wildman–Crippen LogP) is 10.4. The van der Waals surface area contributed by atoms with Crippen LogP contribution in [0, 0.1) is 0 Å². The van der Waals surface area contributed by atoms with Gasteiger partial charge in [-0.2, -0.15) is 0 Å². The van der Waals surface area contributed by atoms with Crippen molar-refractivity contribution in [2.75, 3.05) is 47.5 Å². The van der Waals surface area contributed by atoms with E-state index < -0.39 is 32.5 Å². The maximum atomic E-state index is 12.6. The minimum atomic E-state index is -4.64. The van der Waals surface area contributed by atoms with Crippen molar-refractivity contribution in [1.29, 1.82) is 0 Å². The Balaban J connectivity index is 4.55. The van der Waals surface area contributed by atoms with Crippen molar-refractivity contribution in [3.8, 4) is 0 Å². The zero-order chi connectivity index (χ0) is 39.3. The zero-order valence-electron chi connectivity index (χ0n) is 33.9. The molecule has 0 aromatic rings. The largest absolute Gasteiger partial charge is 0.756 e. The van der Waals surface area contributed by atoms with E-state index in [-0.39, 0.29) is 26.1 Å². The van der Waals surface area contributed by atoms with Gasteiger partial charge in [0.25, 0.3) is 7.82 Å². The summed E-state index contributed by atoms with van der Waals surface area (Å²) in [4.78, 5) is 37.3. The average Bonchev–Trinajstić information content (AvgIpc) is 3.10. The Hall–Kier alpha value is -2.55. The van der Waals surface area contributed by atoms with E-state index in [9.17, 15) is 19.0 Å². The number of allylic oxidation sites excluding steroid dienone is 12. The fraction of sp³-hybridized carbons (Fsp3) is 0.674. The lowest BCUT2D eigenvalue weighted by Gasteiger charge is -2.28. The molecule has 0 aromatic heterocycles. The predicted molar refractivity (Wildman–Crippen MR) is 217 cm³/mol. The molecule has 0 aromatic carbocycles. The second-order valence-corrected chi connectivity index (χ2v) is 15.7. The first-order valence-corrected chi connectivity index (χ1v) is 21.6. The molecular formula is C43H74NO8P. The van der Waals surface area contributed by atoms with E-state index >= 15 is 0 Å². The number of rotatable bonds is 35. The Morgan fingerprint density at radius 2 is 1.08 bits per heavy atom.